The van der Waals surface area contributed by atoms with Gasteiger partial charge in [0.1, 0.15) is 6.54 Å². The maximum atomic E-state index is 12.8. The van der Waals surface area contributed by atoms with Gasteiger partial charge in [-0.05, 0) is 56.0 Å². The van der Waals surface area contributed by atoms with E-state index in [0.717, 1.165) is 36.2 Å². The standard InChI is InChI=1S/C23H30N4O4S/c28-22(24-19-7-9-20(10-8-19)25-13-3-1-2-4-14-25)18-26-17-21(11-12-23(26)29)32(30,31)27-15-5-6-16-27/h7-12,17H,1-6,13-16,18H2,(H,24,28). The molecule has 2 aliphatic heterocycles. The quantitative estimate of drug-likeness (QED) is 0.719. The highest BCUT2D eigenvalue weighted by molar-refractivity contribution is 7.89. The first-order valence-electron chi connectivity index (χ1n) is 11.3. The van der Waals surface area contributed by atoms with Gasteiger partial charge >= 0.3 is 0 Å². The highest BCUT2D eigenvalue weighted by Gasteiger charge is 2.27. The Hall–Kier alpha value is -2.65. The van der Waals surface area contributed by atoms with E-state index in [1.807, 2.05) is 24.3 Å². The first-order valence-corrected chi connectivity index (χ1v) is 12.7. The molecule has 0 spiro atoms. The Morgan fingerprint density at radius 1 is 0.844 bits per heavy atom. The fraction of sp³-hybridized carbons (Fsp3) is 0.478. The van der Waals surface area contributed by atoms with Crippen molar-refractivity contribution in [3.05, 3.63) is 52.9 Å². The predicted octanol–water partition coefficient (Wildman–Crippen LogP) is 2.65. The summed E-state index contributed by atoms with van der Waals surface area (Å²) in [5.41, 5.74) is 1.36. The molecule has 2 saturated heterocycles. The average molecular weight is 459 g/mol. The van der Waals surface area contributed by atoms with Crippen molar-refractivity contribution in [1.29, 1.82) is 0 Å². The summed E-state index contributed by atoms with van der Waals surface area (Å²) in [6.07, 6.45) is 7.85. The normalized spacial score (nSPS) is 17.8. The van der Waals surface area contributed by atoms with E-state index >= 15 is 0 Å². The molecule has 1 aromatic heterocycles. The van der Waals surface area contributed by atoms with Crippen LogP contribution in [-0.4, -0.2) is 49.4 Å². The van der Waals surface area contributed by atoms with Gasteiger partial charge in [0.2, 0.25) is 15.9 Å². The number of nitrogens with zero attached hydrogens (tertiary/aromatic N) is 3. The van der Waals surface area contributed by atoms with Crippen LogP contribution < -0.4 is 15.8 Å². The topological polar surface area (TPSA) is 91.7 Å². The number of benzene rings is 1. The van der Waals surface area contributed by atoms with Crippen molar-refractivity contribution >= 4 is 27.3 Å². The van der Waals surface area contributed by atoms with Crippen molar-refractivity contribution in [1.82, 2.24) is 8.87 Å². The number of carbonyl (C=O) groups excluding carboxylic acids is 1. The summed E-state index contributed by atoms with van der Waals surface area (Å²) in [5.74, 6) is -0.384. The third-order valence-electron chi connectivity index (χ3n) is 6.10. The molecule has 1 amide bonds. The van der Waals surface area contributed by atoms with Gasteiger partial charge in [0.15, 0.2) is 0 Å². The number of aromatic nitrogens is 1. The van der Waals surface area contributed by atoms with Crippen LogP contribution in [0.1, 0.15) is 38.5 Å². The number of sulfonamides is 1. The molecule has 0 aliphatic carbocycles. The molecule has 9 heteroatoms. The summed E-state index contributed by atoms with van der Waals surface area (Å²) in [6, 6.07) is 10.2. The summed E-state index contributed by atoms with van der Waals surface area (Å²) in [6.45, 7) is 2.80. The zero-order valence-electron chi connectivity index (χ0n) is 18.2. The van der Waals surface area contributed by atoms with Crippen molar-refractivity contribution in [2.24, 2.45) is 0 Å². The largest absolute Gasteiger partial charge is 0.372 e. The Labute approximate surface area is 188 Å². The summed E-state index contributed by atoms with van der Waals surface area (Å²) in [5, 5.41) is 2.80. The number of rotatable bonds is 6. The minimum Gasteiger partial charge on any atom is -0.372 e. The van der Waals surface area contributed by atoms with Crippen LogP contribution in [0, 0.1) is 0 Å². The van der Waals surface area contributed by atoms with Gasteiger partial charge in [-0.2, -0.15) is 4.31 Å². The minimum atomic E-state index is -3.65. The van der Waals surface area contributed by atoms with E-state index in [4.69, 9.17) is 0 Å². The van der Waals surface area contributed by atoms with Gasteiger partial charge in [0.25, 0.3) is 5.56 Å². The van der Waals surface area contributed by atoms with Crippen LogP contribution in [0.15, 0.2) is 52.3 Å². The molecule has 172 valence electrons. The maximum absolute atomic E-state index is 12.8. The molecule has 0 radical (unpaired) electrons. The van der Waals surface area contributed by atoms with Gasteiger partial charge in [0.05, 0.1) is 4.90 Å². The van der Waals surface area contributed by atoms with Crippen molar-refractivity contribution in [3.8, 4) is 0 Å². The fourth-order valence-electron chi connectivity index (χ4n) is 4.30. The van der Waals surface area contributed by atoms with Gasteiger partial charge in [-0.15, -0.1) is 0 Å². The van der Waals surface area contributed by atoms with Crippen LogP contribution in [0.4, 0.5) is 11.4 Å². The van der Waals surface area contributed by atoms with Gasteiger partial charge < -0.3 is 14.8 Å². The van der Waals surface area contributed by atoms with Gasteiger partial charge in [-0.3, -0.25) is 9.59 Å². The number of anilines is 2. The Kier molecular flexibility index (Phi) is 6.95. The lowest BCUT2D eigenvalue weighted by Gasteiger charge is -2.22. The zero-order chi connectivity index (χ0) is 22.6. The molecule has 8 nitrogen and oxygen atoms in total. The lowest BCUT2D eigenvalue weighted by atomic mass is 10.2. The van der Waals surface area contributed by atoms with Crippen molar-refractivity contribution in [3.63, 3.8) is 0 Å². The van der Waals surface area contributed by atoms with E-state index in [1.165, 1.54) is 48.3 Å². The average Bonchev–Trinajstić information content (AvgIpc) is 3.20. The number of nitrogens with one attached hydrogen (secondary N) is 1. The van der Waals surface area contributed by atoms with Crippen LogP contribution in [0.25, 0.3) is 0 Å². The molecule has 0 unspecified atom stereocenters. The summed E-state index contributed by atoms with van der Waals surface area (Å²) >= 11 is 0. The first kappa shape index (κ1) is 22.5. The Balaban J connectivity index is 1.42. The number of carbonyl (C=O) groups is 1. The SMILES string of the molecule is O=C(Cn1cc(S(=O)(=O)N2CCCC2)ccc1=O)Nc1ccc(N2CCCCCC2)cc1. The van der Waals surface area contributed by atoms with E-state index in [-0.39, 0.29) is 17.3 Å². The molecule has 0 atom stereocenters. The molecule has 2 aromatic rings. The second kappa shape index (κ2) is 9.87. The molecule has 2 aliphatic rings. The van der Waals surface area contributed by atoms with Gasteiger partial charge in [-0.1, -0.05) is 12.8 Å². The molecule has 3 heterocycles. The molecule has 0 saturated carbocycles. The fourth-order valence-corrected chi connectivity index (χ4v) is 5.84. The van der Waals surface area contributed by atoms with Crippen molar-refractivity contribution in [2.75, 3.05) is 36.4 Å². The number of hydrogen-bond donors (Lipinski definition) is 1. The highest BCUT2D eigenvalue weighted by atomic mass is 32.2. The van der Waals surface area contributed by atoms with Gasteiger partial charge in [-0.25, -0.2) is 8.42 Å². The summed E-state index contributed by atoms with van der Waals surface area (Å²) in [4.78, 5) is 27.2. The maximum Gasteiger partial charge on any atom is 0.251 e. The highest BCUT2D eigenvalue weighted by Crippen LogP contribution is 2.22. The lowest BCUT2D eigenvalue weighted by Crippen LogP contribution is -2.31. The Bertz CT molecular complexity index is 1100. The van der Waals surface area contributed by atoms with Crippen LogP contribution in [0.5, 0.6) is 0 Å². The third kappa shape index (κ3) is 5.21. The van der Waals surface area contributed by atoms with Crippen molar-refractivity contribution in [2.45, 2.75) is 50.0 Å². The van der Waals surface area contributed by atoms with Gasteiger partial charge in [0, 0.05) is 49.8 Å². The molecule has 0 bridgehead atoms. The Morgan fingerprint density at radius 3 is 2.12 bits per heavy atom. The van der Waals surface area contributed by atoms with Crippen LogP contribution in [0.2, 0.25) is 0 Å². The monoisotopic (exact) mass is 458 g/mol. The van der Waals surface area contributed by atoms with Crippen LogP contribution >= 0.6 is 0 Å². The molecule has 1 aromatic carbocycles. The number of pyridine rings is 1. The molecule has 4 rings (SSSR count). The molecular formula is C23H30N4O4S. The zero-order valence-corrected chi connectivity index (χ0v) is 19.0. The second-order valence-electron chi connectivity index (χ2n) is 8.44. The van der Waals surface area contributed by atoms with Crippen molar-refractivity contribution < 1.29 is 13.2 Å². The molecule has 32 heavy (non-hydrogen) atoms. The minimum absolute atomic E-state index is 0.0357. The number of hydrogen-bond acceptors (Lipinski definition) is 5. The van der Waals surface area contributed by atoms with E-state index in [0.29, 0.717) is 18.8 Å². The number of amides is 1. The van der Waals surface area contributed by atoms with Crippen LogP contribution in [-0.2, 0) is 21.4 Å². The summed E-state index contributed by atoms with van der Waals surface area (Å²) in [7, 11) is -3.65. The second-order valence-corrected chi connectivity index (χ2v) is 10.4. The van der Waals surface area contributed by atoms with E-state index in [1.54, 1.807) is 0 Å². The van der Waals surface area contributed by atoms with E-state index in [9.17, 15) is 18.0 Å². The third-order valence-corrected chi connectivity index (χ3v) is 7.98. The first-order chi connectivity index (χ1) is 15.4. The smallest absolute Gasteiger partial charge is 0.251 e. The molecule has 1 N–H and O–H groups in total. The molecule has 2 fully saturated rings. The predicted molar refractivity (Wildman–Crippen MR) is 124 cm³/mol. The summed E-state index contributed by atoms with van der Waals surface area (Å²) < 4.78 is 28.1. The molecular weight excluding hydrogens is 428 g/mol. The Morgan fingerprint density at radius 2 is 1.47 bits per heavy atom. The van der Waals surface area contributed by atoms with E-state index < -0.39 is 15.6 Å². The van der Waals surface area contributed by atoms with Crippen LogP contribution in [0.3, 0.4) is 0 Å². The lowest BCUT2D eigenvalue weighted by molar-refractivity contribution is -0.116. The van der Waals surface area contributed by atoms with E-state index in [2.05, 4.69) is 10.2 Å².